The van der Waals surface area contributed by atoms with Gasteiger partial charge in [-0.05, 0) is 0 Å². The summed E-state index contributed by atoms with van der Waals surface area (Å²) in [4.78, 5) is 0. The van der Waals surface area contributed by atoms with Crippen molar-refractivity contribution in [1.82, 2.24) is 0 Å². The van der Waals surface area contributed by atoms with Gasteiger partial charge in [-0.15, -0.1) is 0 Å². The molecule has 2 aromatic heterocycles. The van der Waals surface area contributed by atoms with Crippen molar-refractivity contribution in [3.8, 4) is 28.5 Å². The zero-order chi connectivity index (χ0) is 29.3. The van der Waals surface area contributed by atoms with E-state index >= 15 is 0 Å². The van der Waals surface area contributed by atoms with Crippen LogP contribution in [0.5, 0.6) is 0 Å². The predicted octanol–water partition coefficient (Wildman–Crippen LogP) is 8.78. The second kappa shape index (κ2) is 9.33. The summed E-state index contributed by atoms with van der Waals surface area (Å²) in [6.07, 6.45) is 2.16. The van der Waals surface area contributed by atoms with E-state index in [1.807, 2.05) is 42.5 Å². The van der Waals surface area contributed by atoms with Gasteiger partial charge in [0, 0.05) is 0 Å². The van der Waals surface area contributed by atoms with Crippen molar-refractivity contribution in [2.45, 2.75) is 24.2 Å². The Morgan fingerprint density at radius 1 is 0.780 bits per heavy atom. The van der Waals surface area contributed by atoms with Crippen molar-refractivity contribution in [3.63, 3.8) is 0 Å². The van der Waals surface area contributed by atoms with Crippen LogP contribution in [0.4, 0.5) is 0 Å². The maximum atomic E-state index is 10.4. The van der Waals surface area contributed by atoms with E-state index in [0.717, 1.165) is 60.3 Å². The van der Waals surface area contributed by atoms with Crippen molar-refractivity contribution >= 4 is 61.1 Å². The number of nitriles is 1. The summed E-state index contributed by atoms with van der Waals surface area (Å²) < 4.78 is 19.9. The zero-order valence-electron chi connectivity index (χ0n) is 25.0. The van der Waals surface area contributed by atoms with Crippen molar-refractivity contribution in [2.24, 2.45) is 7.05 Å². The van der Waals surface area contributed by atoms with Crippen LogP contribution in [0.15, 0.2) is 102 Å². The van der Waals surface area contributed by atoms with Crippen LogP contribution in [0.25, 0.3) is 65.9 Å². The molecule has 0 fully saturated rings. The molecule has 0 saturated carbocycles. The SMILES string of the molecule is [2H]c1c(-c2c(C#N)ccc3c2oc2c(-c4c[c]([Ge]([CH3])([CH3])[CH3])cc[n+]4C)c(C)ccc23)c2ccccc2c2ccccc12. The Balaban J connectivity index is 1.64. The molecular formula is C37H31GeN2O+. The van der Waals surface area contributed by atoms with Crippen LogP contribution < -0.4 is 8.96 Å². The van der Waals surface area contributed by atoms with Gasteiger partial charge < -0.3 is 0 Å². The summed E-state index contributed by atoms with van der Waals surface area (Å²) in [6.45, 7) is 2.13. The first-order chi connectivity index (χ1) is 20.2. The van der Waals surface area contributed by atoms with E-state index < -0.39 is 13.3 Å². The van der Waals surface area contributed by atoms with Crippen molar-refractivity contribution < 1.29 is 10.4 Å². The minimum absolute atomic E-state index is 0.404. The fourth-order valence-corrected chi connectivity index (χ4v) is 8.51. The molecule has 0 spiro atoms. The molecule has 0 aliphatic carbocycles. The number of hydrogen-bond donors (Lipinski definition) is 0. The van der Waals surface area contributed by atoms with Gasteiger partial charge in [-0.25, -0.2) is 0 Å². The van der Waals surface area contributed by atoms with Gasteiger partial charge in [0.25, 0.3) is 0 Å². The normalized spacial score (nSPS) is 12.3. The fourth-order valence-electron chi connectivity index (χ4n) is 6.11. The van der Waals surface area contributed by atoms with Crippen LogP contribution in [0.1, 0.15) is 12.5 Å². The standard InChI is InChI=1S/C37H31GeN2O/c1-23-14-16-30-31-17-15-25(22-39)35(32-20-24-10-6-7-11-27(24)28-12-8-9-13-29(28)32)37(31)41-36(30)34(23)33-21-26(38(2,3)4)18-19-40(33)5/h6-21H,1-5H3/q+1/i20D. The first-order valence-corrected chi connectivity index (χ1v) is 21.3. The van der Waals surface area contributed by atoms with Gasteiger partial charge in [-0.1, -0.05) is 24.3 Å². The second-order valence-electron chi connectivity index (χ2n) is 12.0. The van der Waals surface area contributed by atoms with E-state index in [-0.39, 0.29) is 0 Å². The fraction of sp³-hybridized carbons (Fsp3) is 0.135. The third-order valence-corrected chi connectivity index (χ3v) is 12.6. The quantitative estimate of drug-likeness (QED) is 0.117. The number of nitrogens with zero attached hydrogens (tertiary/aromatic N) is 2. The molecule has 0 saturated heterocycles. The molecule has 0 atom stereocenters. The molecule has 7 aromatic rings. The molecule has 2 heterocycles. The van der Waals surface area contributed by atoms with Crippen molar-refractivity contribution in [1.29, 1.82) is 5.26 Å². The number of rotatable bonds is 3. The Hall–Kier alpha value is -4.40. The van der Waals surface area contributed by atoms with Gasteiger partial charge in [-0.2, -0.15) is 0 Å². The molecular weight excluding hydrogens is 561 g/mol. The number of benzene rings is 5. The van der Waals surface area contributed by atoms with Crippen LogP contribution in [0.2, 0.25) is 17.3 Å². The molecule has 3 nitrogen and oxygen atoms in total. The summed E-state index contributed by atoms with van der Waals surface area (Å²) in [5.41, 5.74) is 6.71. The Labute approximate surface area is 244 Å². The number of fused-ring (bicyclic) bond motifs is 6. The first-order valence-electron chi connectivity index (χ1n) is 14.5. The monoisotopic (exact) mass is 594 g/mol. The Kier molecular flexibility index (Phi) is 5.55. The summed E-state index contributed by atoms with van der Waals surface area (Å²) in [5, 5.41) is 16.2. The summed E-state index contributed by atoms with van der Waals surface area (Å²) >= 11 is -2.10. The van der Waals surface area contributed by atoms with Crippen LogP contribution in [0.3, 0.4) is 0 Å². The second-order valence-corrected chi connectivity index (χ2v) is 22.6. The first kappa shape index (κ1) is 24.4. The van der Waals surface area contributed by atoms with E-state index in [1.165, 1.54) is 4.40 Å². The van der Waals surface area contributed by atoms with E-state index in [1.54, 1.807) is 0 Å². The molecule has 0 unspecified atom stereocenters. The zero-order valence-corrected chi connectivity index (χ0v) is 26.1. The molecule has 0 bridgehead atoms. The predicted molar refractivity (Wildman–Crippen MR) is 173 cm³/mol. The molecule has 4 heteroatoms. The number of aryl methyl sites for hydroxylation is 2. The van der Waals surface area contributed by atoms with Gasteiger partial charge in [0.1, 0.15) is 0 Å². The van der Waals surface area contributed by atoms with E-state index in [0.29, 0.717) is 22.8 Å². The summed E-state index contributed by atoms with van der Waals surface area (Å²) in [7, 11) is 2.09. The molecule has 7 rings (SSSR count). The molecule has 0 aliphatic heterocycles. The molecule has 0 aliphatic rings. The average molecular weight is 593 g/mol. The van der Waals surface area contributed by atoms with Crippen LogP contribution >= 0.6 is 0 Å². The van der Waals surface area contributed by atoms with Crippen molar-refractivity contribution in [3.05, 3.63) is 108 Å². The molecule has 0 N–H and O–H groups in total. The number of hydrogen-bond acceptors (Lipinski definition) is 2. The summed E-state index contributed by atoms with van der Waals surface area (Å²) in [5.74, 6) is 7.24. The van der Waals surface area contributed by atoms with Gasteiger partial charge in [0.15, 0.2) is 0 Å². The third kappa shape index (κ3) is 3.97. The maximum absolute atomic E-state index is 10.4. The number of aromatic nitrogens is 1. The topological polar surface area (TPSA) is 40.8 Å². The van der Waals surface area contributed by atoms with E-state index in [4.69, 9.17) is 4.42 Å². The molecule has 0 amide bonds. The van der Waals surface area contributed by atoms with Gasteiger partial charge in [-0.3, -0.25) is 0 Å². The molecule has 41 heavy (non-hydrogen) atoms. The van der Waals surface area contributed by atoms with Crippen molar-refractivity contribution in [2.75, 3.05) is 0 Å². The Bertz CT molecular complexity index is 2290. The number of furan rings is 1. The minimum atomic E-state index is -2.10. The third-order valence-electron chi connectivity index (χ3n) is 8.33. The van der Waals surface area contributed by atoms with E-state index in [2.05, 4.69) is 90.5 Å². The van der Waals surface area contributed by atoms with Crippen LogP contribution in [-0.2, 0) is 7.05 Å². The van der Waals surface area contributed by atoms with Crippen LogP contribution in [0, 0.1) is 18.3 Å². The summed E-state index contributed by atoms with van der Waals surface area (Å²) in [6, 6.07) is 31.8. The average Bonchev–Trinajstić information content (AvgIpc) is 3.36. The van der Waals surface area contributed by atoms with Crippen LogP contribution in [-0.4, -0.2) is 13.3 Å². The molecule has 5 aromatic carbocycles. The molecule has 198 valence electrons. The van der Waals surface area contributed by atoms with E-state index in [9.17, 15) is 6.63 Å². The Morgan fingerprint density at radius 3 is 2.17 bits per heavy atom. The Morgan fingerprint density at radius 2 is 1.44 bits per heavy atom. The number of pyridine rings is 1. The van der Waals surface area contributed by atoms with Gasteiger partial charge in [0.2, 0.25) is 0 Å². The van der Waals surface area contributed by atoms with Gasteiger partial charge in [0.05, 0.1) is 0 Å². The van der Waals surface area contributed by atoms with Gasteiger partial charge >= 0.3 is 220 Å². The molecule has 0 radical (unpaired) electrons.